The van der Waals surface area contributed by atoms with Crippen molar-refractivity contribution in [2.75, 3.05) is 26.2 Å². The highest BCUT2D eigenvalue weighted by Crippen LogP contribution is 2.26. The molecule has 5 nitrogen and oxygen atoms in total. The maximum Gasteiger partial charge on any atom is 0.371 e. The molecule has 1 aromatic heterocycles. The zero-order valence-electron chi connectivity index (χ0n) is 12.3. The number of aromatic carboxylic acids is 1. The van der Waals surface area contributed by atoms with Crippen molar-refractivity contribution >= 4 is 5.97 Å². The SMILES string of the molecule is O=C(O)c1ccc(-c2cccc(OCCN3CCCC3)c2)o1. The van der Waals surface area contributed by atoms with Crippen LogP contribution in [0.5, 0.6) is 5.75 Å². The van der Waals surface area contributed by atoms with E-state index in [1.165, 1.54) is 18.9 Å². The average Bonchev–Trinajstić information content (AvgIpc) is 3.19. The fraction of sp³-hybridized carbons (Fsp3) is 0.353. The number of nitrogens with zero attached hydrogens (tertiary/aromatic N) is 1. The summed E-state index contributed by atoms with van der Waals surface area (Å²) in [5.74, 6) is 0.173. The van der Waals surface area contributed by atoms with Crippen LogP contribution >= 0.6 is 0 Å². The number of likely N-dealkylation sites (tertiary alicyclic amines) is 1. The predicted molar refractivity (Wildman–Crippen MR) is 82.3 cm³/mol. The molecular weight excluding hydrogens is 282 g/mol. The highest BCUT2D eigenvalue weighted by molar-refractivity contribution is 5.85. The standard InChI is InChI=1S/C17H19NO4/c19-17(20)16-7-6-15(22-16)13-4-3-5-14(12-13)21-11-10-18-8-1-2-9-18/h3-7,12H,1-2,8-11H2,(H,19,20). The number of ether oxygens (including phenoxy) is 1. The van der Waals surface area contributed by atoms with Gasteiger partial charge in [0.15, 0.2) is 0 Å². The van der Waals surface area contributed by atoms with Gasteiger partial charge < -0.3 is 14.3 Å². The summed E-state index contributed by atoms with van der Waals surface area (Å²) >= 11 is 0. The Labute approximate surface area is 129 Å². The van der Waals surface area contributed by atoms with Crippen molar-refractivity contribution in [1.82, 2.24) is 4.90 Å². The van der Waals surface area contributed by atoms with Crippen LogP contribution in [0.15, 0.2) is 40.8 Å². The molecule has 0 saturated carbocycles. The number of hydrogen-bond donors (Lipinski definition) is 1. The van der Waals surface area contributed by atoms with Gasteiger partial charge in [-0.1, -0.05) is 12.1 Å². The summed E-state index contributed by atoms with van der Waals surface area (Å²) in [6, 6.07) is 10.6. The van der Waals surface area contributed by atoms with E-state index in [0.29, 0.717) is 12.4 Å². The summed E-state index contributed by atoms with van der Waals surface area (Å²) in [5, 5.41) is 8.90. The number of carboxylic acids is 1. The van der Waals surface area contributed by atoms with Crippen molar-refractivity contribution < 1.29 is 19.1 Å². The maximum absolute atomic E-state index is 10.9. The van der Waals surface area contributed by atoms with Crippen LogP contribution in [0.25, 0.3) is 11.3 Å². The Balaban J connectivity index is 1.62. The van der Waals surface area contributed by atoms with E-state index in [1.807, 2.05) is 24.3 Å². The van der Waals surface area contributed by atoms with Crippen LogP contribution in [0.2, 0.25) is 0 Å². The molecule has 0 radical (unpaired) electrons. The minimum Gasteiger partial charge on any atom is -0.492 e. The van der Waals surface area contributed by atoms with E-state index in [-0.39, 0.29) is 5.76 Å². The molecule has 1 saturated heterocycles. The van der Waals surface area contributed by atoms with Crippen LogP contribution in [0.1, 0.15) is 23.4 Å². The van der Waals surface area contributed by atoms with Gasteiger partial charge >= 0.3 is 5.97 Å². The summed E-state index contributed by atoms with van der Waals surface area (Å²) in [4.78, 5) is 13.3. The van der Waals surface area contributed by atoms with Crippen molar-refractivity contribution in [2.45, 2.75) is 12.8 Å². The lowest BCUT2D eigenvalue weighted by atomic mass is 10.1. The van der Waals surface area contributed by atoms with Crippen LogP contribution in [0.4, 0.5) is 0 Å². The smallest absolute Gasteiger partial charge is 0.371 e. The second-order valence-electron chi connectivity index (χ2n) is 5.39. The van der Waals surface area contributed by atoms with E-state index >= 15 is 0 Å². The van der Waals surface area contributed by atoms with Gasteiger partial charge in [-0.05, 0) is 50.2 Å². The molecular formula is C17H19NO4. The molecule has 0 spiro atoms. The molecule has 1 fully saturated rings. The molecule has 1 aromatic carbocycles. The minimum absolute atomic E-state index is 0.0599. The molecule has 1 aliphatic rings. The maximum atomic E-state index is 10.9. The molecule has 1 N–H and O–H groups in total. The predicted octanol–water partition coefficient (Wildman–Crippen LogP) is 3.12. The zero-order valence-corrected chi connectivity index (χ0v) is 12.3. The molecule has 2 heterocycles. The van der Waals surface area contributed by atoms with E-state index in [1.54, 1.807) is 6.07 Å². The number of carboxylic acid groups (broad SMARTS) is 1. The van der Waals surface area contributed by atoms with Gasteiger partial charge in [0.05, 0.1) is 0 Å². The molecule has 0 atom stereocenters. The normalized spacial score (nSPS) is 15.1. The first-order chi connectivity index (χ1) is 10.7. The van der Waals surface area contributed by atoms with Gasteiger partial charge in [0.1, 0.15) is 18.1 Å². The summed E-state index contributed by atoms with van der Waals surface area (Å²) in [6.07, 6.45) is 2.56. The molecule has 22 heavy (non-hydrogen) atoms. The molecule has 1 aliphatic heterocycles. The van der Waals surface area contributed by atoms with Gasteiger partial charge in [0.25, 0.3) is 0 Å². The Morgan fingerprint density at radius 1 is 1.23 bits per heavy atom. The summed E-state index contributed by atoms with van der Waals surface area (Å²) < 4.78 is 11.1. The molecule has 0 amide bonds. The van der Waals surface area contributed by atoms with Crippen molar-refractivity contribution in [2.24, 2.45) is 0 Å². The quantitative estimate of drug-likeness (QED) is 0.888. The summed E-state index contributed by atoms with van der Waals surface area (Å²) in [6.45, 7) is 3.91. The Morgan fingerprint density at radius 3 is 2.77 bits per heavy atom. The Kier molecular flexibility index (Phi) is 4.44. The molecule has 116 valence electrons. The van der Waals surface area contributed by atoms with E-state index < -0.39 is 5.97 Å². The lowest BCUT2D eigenvalue weighted by molar-refractivity contribution is 0.0663. The van der Waals surface area contributed by atoms with Crippen molar-refractivity contribution in [1.29, 1.82) is 0 Å². The van der Waals surface area contributed by atoms with Crippen molar-refractivity contribution in [3.05, 3.63) is 42.2 Å². The highest BCUT2D eigenvalue weighted by Gasteiger charge is 2.12. The van der Waals surface area contributed by atoms with Crippen LogP contribution in [-0.4, -0.2) is 42.2 Å². The third-order valence-electron chi connectivity index (χ3n) is 3.81. The first-order valence-corrected chi connectivity index (χ1v) is 7.51. The van der Waals surface area contributed by atoms with Gasteiger partial charge in [-0.25, -0.2) is 4.79 Å². The summed E-state index contributed by atoms with van der Waals surface area (Å²) in [5.41, 5.74) is 0.811. The lowest BCUT2D eigenvalue weighted by Crippen LogP contribution is -2.25. The number of hydrogen-bond acceptors (Lipinski definition) is 4. The van der Waals surface area contributed by atoms with E-state index in [0.717, 1.165) is 30.9 Å². The number of carbonyl (C=O) groups is 1. The van der Waals surface area contributed by atoms with Crippen molar-refractivity contribution in [3.63, 3.8) is 0 Å². The Hall–Kier alpha value is -2.27. The molecule has 5 heteroatoms. The molecule has 0 bridgehead atoms. The van der Waals surface area contributed by atoms with Gasteiger partial charge in [0, 0.05) is 12.1 Å². The molecule has 3 rings (SSSR count). The molecule has 0 unspecified atom stereocenters. The van der Waals surface area contributed by atoms with Crippen LogP contribution < -0.4 is 4.74 Å². The largest absolute Gasteiger partial charge is 0.492 e. The number of rotatable bonds is 6. The fourth-order valence-electron chi connectivity index (χ4n) is 2.65. The van der Waals surface area contributed by atoms with Crippen LogP contribution in [0.3, 0.4) is 0 Å². The first-order valence-electron chi connectivity index (χ1n) is 7.51. The fourth-order valence-corrected chi connectivity index (χ4v) is 2.65. The second kappa shape index (κ2) is 6.66. The monoisotopic (exact) mass is 301 g/mol. The second-order valence-corrected chi connectivity index (χ2v) is 5.39. The van der Waals surface area contributed by atoms with E-state index in [4.69, 9.17) is 14.3 Å². The minimum atomic E-state index is -1.07. The Morgan fingerprint density at radius 2 is 2.05 bits per heavy atom. The topological polar surface area (TPSA) is 62.9 Å². The third-order valence-corrected chi connectivity index (χ3v) is 3.81. The number of furan rings is 1. The third kappa shape index (κ3) is 3.49. The van der Waals surface area contributed by atoms with Gasteiger partial charge in [-0.3, -0.25) is 4.90 Å². The highest BCUT2D eigenvalue weighted by atomic mass is 16.5. The zero-order chi connectivity index (χ0) is 15.4. The van der Waals surface area contributed by atoms with Gasteiger partial charge in [-0.2, -0.15) is 0 Å². The van der Waals surface area contributed by atoms with E-state index in [2.05, 4.69) is 4.90 Å². The number of benzene rings is 1. The van der Waals surface area contributed by atoms with Gasteiger partial charge in [0.2, 0.25) is 5.76 Å². The van der Waals surface area contributed by atoms with Crippen LogP contribution in [-0.2, 0) is 0 Å². The average molecular weight is 301 g/mol. The van der Waals surface area contributed by atoms with Gasteiger partial charge in [-0.15, -0.1) is 0 Å². The summed E-state index contributed by atoms with van der Waals surface area (Å²) in [7, 11) is 0. The lowest BCUT2D eigenvalue weighted by Gasteiger charge is -2.15. The molecule has 0 aliphatic carbocycles. The van der Waals surface area contributed by atoms with E-state index in [9.17, 15) is 4.79 Å². The van der Waals surface area contributed by atoms with Crippen molar-refractivity contribution in [3.8, 4) is 17.1 Å². The molecule has 2 aromatic rings. The Bertz CT molecular complexity index is 644. The van der Waals surface area contributed by atoms with Crippen LogP contribution in [0, 0.1) is 0 Å². The first kappa shape index (κ1) is 14.7.